The van der Waals surface area contributed by atoms with Crippen molar-refractivity contribution in [2.45, 2.75) is 4.90 Å². The number of nitrogens with zero attached hydrogens (tertiary/aromatic N) is 1. The lowest BCUT2D eigenvalue weighted by molar-refractivity contribution is -0.115. The molecule has 2 amide bonds. The van der Waals surface area contributed by atoms with E-state index in [2.05, 4.69) is 10.6 Å². The van der Waals surface area contributed by atoms with Crippen LogP contribution in [0.3, 0.4) is 0 Å². The number of amides is 2. The first-order chi connectivity index (χ1) is 12.6. The van der Waals surface area contributed by atoms with E-state index in [1.807, 2.05) is 0 Å². The predicted octanol–water partition coefficient (Wildman–Crippen LogP) is 2.10. The fourth-order valence-electron chi connectivity index (χ4n) is 2.06. The highest BCUT2D eigenvalue weighted by Gasteiger charge is 2.19. The Morgan fingerprint density at radius 2 is 1.85 bits per heavy atom. The second kappa shape index (κ2) is 8.47. The number of carbonyl (C=O) groups is 2. The lowest BCUT2D eigenvalue weighted by Crippen LogP contribution is -2.33. The maximum Gasteiger partial charge on any atom is 0.251 e. The number of nitrogens with one attached hydrogen (secondary N) is 2. The van der Waals surface area contributed by atoms with Crippen LogP contribution in [0.5, 0.6) is 0 Å². The third-order valence-corrected chi connectivity index (χ3v) is 5.54. The average Bonchev–Trinajstić information content (AvgIpc) is 2.62. The summed E-state index contributed by atoms with van der Waals surface area (Å²) in [7, 11) is -0.937. The van der Waals surface area contributed by atoms with Crippen molar-refractivity contribution in [2.75, 3.05) is 26.0 Å². The Balaban J connectivity index is 2.02. The summed E-state index contributed by atoms with van der Waals surface area (Å²) in [6.45, 7) is -0.425. The number of rotatable bonds is 6. The molecule has 0 aliphatic heterocycles. The first kappa shape index (κ1) is 20.8. The van der Waals surface area contributed by atoms with Crippen molar-refractivity contribution in [1.29, 1.82) is 0 Å². The van der Waals surface area contributed by atoms with Gasteiger partial charge in [-0.3, -0.25) is 9.59 Å². The molecule has 10 heteroatoms. The fourth-order valence-corrected chi connectivity index (χ4v) is 3.16. The maximum absolute atomic E-state index is 13.6. The molecule has 2 rings (SSSR count). The van der Waals surface area contributed by atoms with Crippen LogP contribution >= 0.6 is 11.6 Å². The number of carbonyl (C=O) groups excluding carboxylic acids is 2. The lowest BCUT2D eigenvalue weighted by Gasteiger charge is -2.12. The zero-order chi connectivity index (χ0) is 20.2. The first-order valence-corrected chi connectivity index (χ1v) is 9.49. The smallest absolute Gasteiger partial charge is 0.251 e. The van der Waals surface area contributed by atoms with E-state index in [9.17, 15) is 22.4 Å². The summed E-state index contributed by atoms with van der Waals surface area (Å²) in [5.41, 5.74) is 0.00104. The van der Waals surface area contributed by atoms with Gasteiger partial charge >= 0.3 is 0 Å². The SMILES string of the molecule is CN(C)S(=O)(=O)c1cccc(C(=O)NCC(=O)Nc2ccc(Cl)cc2F)c1. The Morgan fingerprint density at radius 1 is 1.15 bits per heavy atom. The molecule has 0 fully saturated rings. The summed E-state index contributed by atoms with van der Waals surface area (Å²) < 4.78 is 38.9. The van der Waals surface area contributed by atoms with Gasteiger partial charge in [0.15, 0.2) is 0 Å². The van der Waals surface area contributed by atoms with E-state index in [0.717, 1.165) is 10.4 Å². The Bertz CT molecular complexity index is 980. The van der Waals surface area contributed by atoms with Crippen LogP contribution in [0.4, 0.5) is 10.1 Å². The second-order valence-corrected chi connectivity index (χ2v) is 8.26. The number of benzene rings is 2. The number of halogens is 2. The summed E-state index contributed by atoms with van der Waals surface area (Å²) in [5, 5.41) is 4.84. The van der Waals surface area contributed by atoms with Crippen molar-refractivity contribution >= 4 is 39.1 Å². The van der Waals surface area contributed by atoms with Gasteiger partial charge < -0.3 is 10.6 Å². The molecule has 7 nitrogen and oxygen atoms in total. The Hall–Kier alpha value is -2.49. The van der Waals surface area contributed by atoms with Crippen molar-refractivity contribution in [3.05, 3.63) is 58.9 Å². The topological polar surface area (TPSA) is 95.6 Å². The maximum atomic E-state index is 13.6. The summed E-state index contributed by atoms with van der Waals surface area (Å²) in [6, 6.07) is 9.17. The average molecular weight is 414 g/mol. The standard InChI is InChI=1S/C17H17ClFN3O4S/c1-22(2)27(25,26)13-5-3-4-11(8-13)17(24)20-10-16(23)21-15-7-6-12(18)9-14(15)19/h3-9H,10H2,1-2H3,(H,20,24)(H,21,23). The number of anilines is 1. The monoisotopic (exact) mass is 413 g/mol. The van der Waals surface area contributed by atoms with Crippen molar-refractivity contribution in [2.24, 2.45) is 0 Å². The van der Waals surface area contributed by atoms with Gasteiger partial charge in [0.1, 0.15) is 5.82 Å². The molecule has 2 aromatic carbocycles. The van der Waals surface area contributed by atoms with Crippen LogP contribution in [-0.2, 0) is 14.8 Å². The molecule has 0 spiro atoms. The van der Waals surface area contributed by atoms with Crippen molar-refractivity contribution in [3.63, 3.8) is 0 Å². The molecule has 0 unspecified atom stereocenters. The zero-order valence-corrected chi connectivity index (χ0v) is 16.1. The van der Waals surface area contributed by atoms with E-state index in [1.165, 1.54) is 50.5 Å². The van der Waals surface area contributed by atoms with Crippen LogP contribution in [-0.4, -0.2) is 45.2 Å². The van der Waals surface area contributed by atoms with Gasteiger partial charge in [-0.1, -0.05) is 17.7 Å². The van der Waals surface area contributed by atoms with Crippen molar-refractivity contribution in [3.8, 4) is 0 Å². The third-order valence-electron chi connectivity index (χ3n) is 3.49. The first-order valence-electron chi connectivity index (χ1n) is 7.67. The van der Waals surface area contributed by atoms with Gasteiger partial charge in [0, 0.05) is 24.7 Å². The molecule has 144 valence electrons. The summed E-state index contributed by atoms with van der Waals surface area (Å²) in [5.74, 6) is -2.00. The summed E-state index contributed by atoms with van der Waals surface area (Å²) in [4.78, 5) is 24.0. The van der Waals surface area contributed by atoms with Gasteiger partial charge in [-0.15, -0.1) is 0 Å². The van der Waals surface area contributed by atoms with Crippen LogP contribution < -0.4 is 10.6 Å². The van der Waals surface area contributed by atoms with E-state index in [0.29, 0.717) is 0 Å². The molecule has 27 heavy (non-hydrogen) atoms. The Morgan fingerprint density at radius 3 is 2.48 bits per heavy atom. The van der Waals surface area contributed by atoms with E-state index >= 15 is 0 Å². The molecule has 0 saturated carbocycles. The number of sulfonamides is 1. The highest BCUT2D eigenvalue weighted by Crippen LogP contribution is 2.18. The van der Waals surface area contributed by atoms with E-state index in [-0.39, 0.29) is 21.2 Å². The third kappa shape index (κ3) is 5.25. The number of hydrogen-bond acceptors (Lipinski definition) is 4. The molecule has 0 atom stereocenters. The molecule has 0 aliphatic rings. The van der Waals surface area contributed by atoms with E-state index < -0.39 is 34.2 Å². The molecule has 2 N–H and O–H groups in total. The molecule has 0 saturated heterocycles. The minimum atomic E-state index is -3.69. The minimum absolute atomic E-state index is 0.0483. The van der Waals surface area contributed by atoms with Gasteiger partial charge in [0.2, 0.25) is 15.9 Å². The Kier molecular flexibility index (Phi) is 6.53. The minimum Gasteiger partial charge on any atom is -0.343 e. The van der Waals surface area contributed by atoms with Crippen LogP contribution in [0.2, 0.25) is 5.02 Å². The molecule has 2 aromatic rings. The zero-order valence-electron chi connectivity index (χ0n) is 14.5. The highest BCUT2D eigenvalue weighted by atomic mass is 35.5. The quantitative estimate of drug-likeness (QED) is 0.758. The normalized spacial score (nSPS) is 11.3. The largest absolute Gasteiger partial charge is 0.343 e. The molecule has 0 radical (unpaired) electrons. The van der Waals surface area contributed by atoms with Crippen LogP contribution in [0.1, 0.15) is 10.4 Å². The van der Waals surface area contributed by atoms with Gasteiger partial charge in [-0.05, 0) is 36.4 Å². The van der Waals surface area contributed by atoms with E-state index in [1.54, 1.807) is 0 Å². The Labute approximate surface area is 161 Å². The summed E-state index contributed by atoms with van der Waals surface area (Å²) in [6.07, 6.45) is 0. The number of hydrogen-bond donors (Lipinski definition) is 2. The van der Waals surface area contributed by atoms with Gasteiger partial charge in [0.05, 0.1) is 17.1 Å². The molecule has 0 aliphatic carbocycles. The molecule has 0 bridgehead atoms. The van der Waals surface area contributed by atoms with Gasteiger partial charge in [0.25, 0.3) is 5.91 Å². The van der Waals surface area contributed by atoms with Gasteiger partial charge in [-0.25, -0.2) is 17.1 Å². The molecule has 0 heterocycles. The fraction of sp³-hybridized carbons (Fsp3) is 0.176. The summed E-state index contributed by atoms with van der Waals surface area (Å²) >= 11 is 5.63. The van der Waals surface area contributed by atoms with Crippen LogP contribution in [0, 0.1) is 5.82 Å². The predicted molar refractivity (Wildman–Crippen MR) is 99.7 cm³/mol. The highest BCUT2D eigenvalue weighted by molar-refractivity contribution is 7.89. The van der Waals surface area contributed by atoms with Crippen LogP contribution in [0.25, 0.3) is 0 Å². The lowest BCUT2D eigenvalue weighted by atomic mass is 10.2. The van der Waals surface area contributed by atoms with Crippen molar-refractivity contribution in [1.82, 2.24) is 9.62 Å². The molecule has 0 aromatic heterocycles. The van der Waals surface area contributed by atoms with E-state index in [4.69, 9.17) is 11.6 Å². The second-order valence-electron chi connectivity index (χ2n) is 5.67. The molecular weight excluding hydrogens is 397 g/mol. The molecular formula is C17H17ClFN3O4S. The van der Waals surface area contributed by atoms with Crippen LogP contribution in [0.15, 0.2) is 47.4 Å². The van der Waals surface area contributed by atoms with Crippen molar-refractivity contribution < 1.29 is 22.4 Å². The van der Waals surface area contributed by atoms with Gasteiger partial charge in [-0.2, -0.15) is 0 Å².